The fraction of sp³-hybridized carbons (Fsp3) is 0.0625. The van der Waals surface area contributed by atoms with Gasteiger partial charge in [0.05, 0.1) is 21.5 Å². The molecule has 0 aliphatic heterocycles. The molecule has 23 heavy (non-hydrogen) atoms. The molecule has 0 fully saturated rings. The van der Waals surface area contributed by atoms with Gasteiger partial charge in [-0.3, -0.25) is 15.0 Å². The van der Waals surface area contributed by atoms with E-state index in [-0.39, 0.29) is 11.1 Å². The van der Waals surface area contributed by atoms with Crippen LogP contribution in [0.25, 0.3) is 10.9 Å². The van der Waals surface area contributed by atoms with Crippen LogP contribution in [0.3, 0.4) is 0 Å². The largest absolute Gasteiger partial charge is 0.280 e. The maximum Gasteiger partial charge on any atom is 0.280 e. The van der Waals surface area contributed by atoms with Crippen LogP contribution in [0.5, 0.6) is 0 Å². The van der Waals surface area contributed by atoms with Crippen LogP contribution in [-0.2, 0) is 0 Å². The Kier molecular flexibility index (Phi) is 4.19. The number of carbonyl (C=O) groups excluding carboxylic acids is 1. The standard InChI is InChI=1S/C16H11BrClN3O2/c1-9-19-14-5-3-2-4-11(14)16(23)21(9)20-15(22)12-8-10(17)6-7-13(12)18/h2-8H,1H3,(H,20,22). The highest BCUT2D eigenvalue weighted by atomic mass is 79.9. The number of aryl methyl sites for hydroxylation is 1. The number of hydrogen-bond donors (Lipinski definition) is 1. The summed E-state index contributed by atoms with van der Waals surface area (Å²) in [6.07, 6.45) is 0. The third-order valence-electron chi connectivity index (χ3n) is 3.33. The van der Waals surface area contributed by atoms with Crippen molar-refractivity contribution in [2.24, 2.45) is 0 Å². The number of fused-ring (bicyclic) bond motifs is 1. The van der Waals surface area contributed by atoms with Crippen molar-refractivity contribution in [2.75, 3.05) is 5.43 Å². The summed E-state index contributed by atoms with van der Waals surface area (Å²) in [4.78, 5) is 29.3. The van der Waals surface area contributed by atoms with E-state index in [2.05, 4.69) is 26.3 Å². The first-order valence-corrected chi connectivity index (χ1v) is 7.89. The van der Waals surface area contributed by atoms with Gasteiger partial charge < -0.3 is 0 Å². The Morgan fingerprint density at radius 3 is 2.78 bits per heavy atom. The monoisotopic (exact) mass is 391 g/mol. The molecule has 1 heterocycles. The molecule has 1 N–H and O–H groups in total. The number of benzene rings is 2. The summed E-state index contributed by atoms with van der Waals surface area (Å²) in [5.41, 5.74) is 3.06. The van der Waals surface area contributed by atoms with E-state index in [1.54, 1.807) is 49.4 Å². The van der Waals surface area contributed by atoms with E-state index in [0.29, 0.717) is 26.2 Å². The van der Waals surface area contributed by atoms with Crippen molar-refractivity contribution in [2.45, 2.75) is 6.92 Å². The first kappa shape index (κ1) is 15.7. The SMILES string of the molecule is Cc1nc2ccccc2c(=O)n1NC(=O)c1cc(Br)ccc1Cl. The predicted octanol–water partition coefficient (Wildman–Crippen LogP) is 3.50. The lowest BCUT2D eigenvalue weighted by molar-refractivity contribution is 0.101. The molecular weight excluding hydrogens is 382 g/mol. The van der Waals surface area contributed by atoms with Gasteiger partial charge in [0.2, 0.25) is 0 Å². The molecule has 1 aromatic heterocycles. The zero-order valence-corrected chi connectivity index (χ0v) is 14.4. The average molecular weight is 393 g/mol. The first-order chi connectivity index (χ1) is 11.0. The van der Waals surface area contributed by atoms with Crippen LogP contribution in [-0.4, -0.2) is 15.6 Å². The maximum atomic E-state index is 12.5. The predicted molar refractivity (Wildman–Crippen MR) is 93.6 cm³/mol. The lowest BCUT2D eigenvalue weighted by Gasteiger charge is -2.12. The molecule has 0 saturated carbocycles. The van der Waals surface area contributed by atoms with Gasteiger partial charge in [-0.05, 0) is 37.3 Å². The van der Waals surface area contributed by atoms with Gasteiger partial charge in [0.25, 0.3) is 11.5 Å². The number of halogens is 2. The quantitative estimate of drug-likeness (QED) is 0.726. The smallest absolute Gasteiger partial charge is 0.267 e. The van der Waals surface area contributed by atoms with Gasteiger partial charge in [0, 0.05) is 4.47 Å². The van der Waals surface area contributed by atoms with Crippen LogP contribution in [0, 0.1) is 6.92 Å². The van der Waals surface area contributed by atoms with Gasteiger partial charge in [-0.15, -0.1) is 0 Å². The minimum Gasteiger partial charge on any atom is -0.267 e. The molecule has 1 amide bonds. The van der Waals surface area contributed by atoms with E-state index >= 15 is 0 Å². The maximum absolute atomic E-state index is 12.5. The van der Waals surface area contributed by atoms with Crippen molar-refractivity contribution in [3.05, 3.63) is 73.7 Å². The number of amides is 1. The van der Waals surface area contributed by atoms with Crippen molar-refractivity contribution < 1.29 is 4.79 Å². The Morgan fingerprint density at radius 1 is 1.26 bits per heavy atom. The van der Waals surface area contributed by atoms with Crippen LogP contribution in [0.2, 0.25) is 5.02 Å². The van der Waals surface area contributed by atoms with E-state index in [1.807, 2.05) is 0 Å². The van der Waals surface area contributed by atoms with Gasteiger partial charge >= 0.3 is 0 Å². The van der Waals surface area contributed by atoms with Crippen LogP contribution >= 0.6 is 27.5 Å². The highest BCUT2D eigenvalue weighted by Crippen LogP contribution is 2.21. The lowest BCUT2D eigenvalue weighted by Crippen LogP contribution is -2.35. The molecule has 0 bridgehead atoms. The van der Waals surface area contributed by atoms with E-state index in [4.69, 9.17) is 11.6 Å². The molecule has 0 saturated heterocycles. The minimum atomic E-state index is -0.487. The van der Waals surface area contributed by atoms with Gasteiger partial charge in [-0.25, -0.2) is 9.66 Å². The molecule has 0 radical (unpaired) electrons. The summed E-state index contributed by atoms with van der Waals surface area (Å²) in [5.74, 6) is -0.105. The van der Waals surface area contributed by atoms with Crippen molar-refractivity contribution in [3.8, 4) is 0 Å². The molecule has 7 heteroatoms. The third kappa shape index (κ3) is 3.00. The van der Waals surface area contributed by atoms with Crippen molar-refractivity contribution in [3.63, 3.8) is 0 Å². The fourth-order valence-electron chi connectivity index (χ4n) is 2.21. The Labute approximate surface area is 145 Å². The normalized spacial score (nSPS) is 10.7. The zero-order chi connectivity index (χ0) is 16.6. The topological polar surface area (TPSA) is 64.0 Å². The molecule has 3 aromatic rings. The second kappa shape index (κ2) is 6.14. The summed E-state index contributed by atoms with van der Waals surface area (Å²) in [5, 5.41) is 0.726. The van der Waals surface area contributed by atoms with Gasteiger partial charge in [0.1, 0.15) is 5.82 Å². The van der Waals surface area contributed by atoms with Crippen molar-refractivity contribution >= 4 is 44.3 Å². The summed E-state index contributed by atoms with van der Waals surface area (Å²) in [6.45, 7) is 1.65. The fourth-order valence-corrected chi connectivity index (χ4v) is 2.77. The van der Waals surface area contributed by atoms with Crippen LogP contribution in [0.1, 0.15) is 16.2 Å². The summed E-state index contributed by atoms with van der Waals surface area (Å²) in [7, 11) is 0. The second-order valence-corrected chi connectivity index (χ2v) is 6.20. The molecule has 0 unspecified atom stereocenters. The average Bonchev–Trinajstić information content (AvgIpc) is 2.53. The van der Waals surface area contributed by atoms with Gasteiger partial charge in [-0.1, -0.05) is 39.7 Å². The molecule has 5 nitrogen and oxygen atoms in total. The van der Waals surface area contributed by atoms with Crippen molar-refractivity contribution in [1.29, 1.82) is 0 Å². The number of para-hydroxylation sites is 1. The molecule has 0 aliphatic rings. The summed E-state index contributed by atoms with van der Waals surface area (Å²) < 4.78 is 1.84. The number of hydrogen-bond acceptors (Lipinski definition) is 3. The van der Waals surface area contributed by atoms with E-state index in [9.17, 15) is 9.59 Å². The molecular formula is C16H11BrClN3O2. The summed E-state index contributed by atoms with van der Waals surface area (Å²) >= 11 is 9.34. The molecule has 2 aromatic carbocycles. The van der Waals surface area contributed by atoms with Gasteiger partial charge in [0.15, 0.2) is 0 Å². The van der Waals surface area contributed by atoms with E-state index < -0.39 is 5.91 Å². The van der Waals surface area contributed by atoms with E-state index in [1.165, 1.54) is 0 Å². The van der Waals surface area contributed by atoms with Crippen LogP contribution < -0.4 is 11.0 Å². The molecule has 3 rings (SSSR count). The number of nitrogens with zero attached hydrogens (tertiary/aromatic N) is 2. The third-order valence-corrected chi connectivity index (χ3v) is 4.15. The Bertz CT molecular complexity index is 985. The second-order valence-electron chi connectivity index (χ2n) is 4.88. The molecule has 0 atom stereocenters. The highest BCUT2D eigenvalue weighted by Gasteiger charge is 2.14. The Hall–Kier alpha value is -2.18. The number of rotatable bonds is 2. The van der Waals surface area contributed by atoms with E-state index in [0.717, 1.165) is 4.68 Å². The minimum absolute atomic E-state index is 0.264. The molecule has 0 aliphatic carbocycles. The number of carbonyl (C=O) groups is 1. The Morgan fingerprint density at radius 2 is 2.00 bits per heavy atom. The number of nitrogens with one attached hydrogen (secondary N) is 1. The molecule has 116 valence electrons. The first-order valence-electron chi connectivity index (χ1n) is 6.72. The molecule has 0 spiro atoms. The summed E-state index contributed by atoms with van der Waals surface area (Å²) in [6, 6.07) is 11.9. The van der Waals surface area contributed by atoms with Crippen molar-refractivity contribution in [1.82, 2.24) is 9.66 Å². The van der Waals surface area contributed by atoms with Gasteiger partial charge in [-0.2, -0.15) is 0 Å². The highest BCUT2D eigenvalue weighted by molar-refractivity contribution is 9.10. The zero-order valence-electron chi connectivity index (χ0n) is 12.0. The van der Waals surface area contributed by atoms with Crippen LogP contribution in [0.4, 0.5) is 0 Å². The Balaban J connectivity index is 2.06. The van der Waals surface area contributed by atoms with Crippen LogP contribution in [0.15, 0.2) is 51.7 Å². The number of aromatic nitrogens is 2. The lowest BCUT2D eigenvalue weighted by atomic mass is 10.2.